The average Bonchev–Trinajstić information content (AvgIpc) is 2.90. The number of benzene rings is 1. The Kier molecular flexibility index (Phi) is 4.41. The Labute approximate surface area is 116 Å². The van der Waals surface area contributed by atoms with Gasteiger partial charge in [0, 0.05) is 30.4 Å². The monoisotopic (exact) mass is 279 g/mol. The Morgan fingerprint density at radius 2 is 2.16 bits per heavy atom. The third-order valence-electron chi connectivity index (χ3n) is 2.58. The SMILES string of the molecule is CN(Cc1cn[nH]c1)C(=O)COc1ccc(Cl)cc1. The number of hydrogen-bond donors (Lipinski definition) is 1. The smallest absolute Gasteiger partial charge is 0.260 e. The second-order valence-electron chi connectivity index (χ2n) is 4.10. The summed E-state index contributed by atoms with van der Waals surface area (Å²) >= 11 is 5.76. The van der Waals surface area contributed by atoms with Crippen LogP contribution in [0.4, 0.5) is 0 Å². The normalized spacial score (nSPS) is 10.2. The number of nitrogens with zero attached hydrogens (tertiary/aromatic N) is 2. The predicted molar refractivity (Wildman–Crippen MR) is 72.0 cm³/mol. The molecule has 1 amide bonds. The second-order valence-corrected chi connectivity index (χ2v) is 4.54. The van der Waals surface area contributed by atoms with E-state index in [-0.39, 0.29) is 12.5 Å². The third-order valence-corrected chi connectivity index (χ3v) is 2.83. The van der Waals surface area contributed by atoms with Gasteiger partial charge in [0.25, 0.3) is 5.91 Å². The maximum absolute atomic E-state index is 11.9. The third kappa shape index (κ3) is 3.99. The Balaban J connectivity index is 1.82. The maximum Gasteiger partial charge on any atom is 0.260 e. The first kappa shape index (κ1) is 13.4. The standard InChI is InChI=1S/C13H14ClN3O2/c1-17(8-10-6-15-16-7-10)13(18)9-19-12-4-2-11(14)3-5-12/h2-7H,8-9H2,1H3,(H,15,16). The number of aromatic amines is 1. The summed E-state index contributed by atoms with van der Waals surface area (Å²) < 4.78 is 5.39. The number of halogens is 1. The van der Waals surface area contributed by atoms with E-state index in [4.69, 9.17) is 16.3 Å². The lowest BCUT2D eigenvalue weighted by Gasteiger charge is -2.16. The predicted octanol–water partition coefficient (Wildman–Crippen LogP) is 2.10. The Morgan fingerprint density at radius 1 is 1.42 bits per heavy atom. The van der Waals surface area contributed by atoms with Gasteiger partial charge < -0.3 is 9.64 Å². The molecule has 2 aromatic rings. The van der Waals surface area contributed by atoms with Gasteiger partial charge in [-0.2, -0.15) is 5.10 Å². The van der Waals surface area contributed by atoms with E-state index in [2.05, 4.69) is 10.2 Å². The summed E-state index contributed by atoms with van der Waals surface area (Å²) in [6.45, 7) is 0.495. The molecule has 0 bridgehead atoms. The number of hydrogen-bond acceptors (Lipinski definition) is 3. The lowest BCUT2D eigenvalue weighted by atomic mass is 10.3. The van der Waals surface area contributed by atoms with Crippen LogP contribution >= 0.6 is 11.6 Å². The molecule has 100 valence electrons. The van der Waals surface area contributed by atoms with Crippen LogP contribution in [-0.2, 0) is 11.3 Å². The highest BCUT2D eigenvalue weighted by molar-refractivity contribution is 6.30. The van der Waals surface area contributed by atoms with E-state index in [0.29, 0.717) is 17.3 Å². The van der Waals surface area contributed by atoms with Gasteiger partial charge in [0.1, 0.15) is 5.75 Å². The Hall–Kier alpha value is -2.01. The average molecular weight is 280 g/mol. The largest absolute Gasteiger partial charge is 0.484 e. The molecule has 0 saturated carbocycles. The highest BCUT2D eigenvalue weighted by Crippen LogP contribution is 2.15. The number of ether oxygens (including phenoxy) is 1. The lowest BCUT2D eigenvalue weighted by molar-refractivity contribution is -0.132. The molecule has 0 saturated heterocycles. The minimum Gasteiger partial charge on any atom is -0.484 e. The molecule has 0 spiro atoms. The summed E-state index contributed by atoms with van der Waals surface area (Å²) in [5.74, 6) is 0.519. The molecule has 19 heavy (non-hydrogen) atoms. The van der Waals surface area contributed by atoms with Gasteiger partial charge in [0.2, 0.25) is 0 Å². The molecule has 0 radical (unpaired) electrons. The first-order chi connectivity index (χ1) is 9.15. The number of H-pyrrole nitrogens is 1. The molecule has 0 aliphatic heterocycles. The molecule has 0 unspecified atom stereocenters. The number of likely N-dealkylation sites (N-methyl/N-ethyl adjacent to an activating group) is 1. The summed E-state index contributed by atoms with van der Waals surface area (Å²) in [7, 11) is 1.72. The zero-order chi connectivity index (χ0) is 13.7. The molecule has 0 aliphatic rings. The molecular weight excluding hydrogens is 266 g/mol. The lowest BCUT2D eigenvalue weighted by Crippen LogP contribution is -2.30. The first-order valence-electron chi connectivity index (χ1n) is 5.75. The van der Waals surface area contributed by atoms with Crippen molar-refractivity contribution in [3.8, 4) is 5.75 Å². The Morgan fingerprint density at radius 3 is 2.79 bits per heavy atom. The fourth-order valence-corrected chi connectivity index (χ4v) is 1.64. The van der Waals surface area contributed by atoms with Crippen LogP contribution in [0.25, 0.3) is 0 Å². The summed E-state index contributed by atoms with van der Waals surface area (Å²) in [4.78, 5) is 13.4. The van der Waals surface area contributed by atoms with E-state index >= 15 is 0 Å². The van der Waals surface area contributed by atoms with E-state index < -0.39 is 0 Å². The Bertz CT molecular complexity index is 525. The maximum atomic E-state index is 11.9. The highest BCUT2D eigenvalue weighted by Gasteiger charge is 2.10. The van der Waals surface area contributed by atoms with Gasteiger partial charge in [0.05, 0.1) is 6.20 Å². The molecule has 5 nitrogen and oxygen atoms in total. The molecule has 1 aromatic heterocycles. The van der Waals surface area contributed by atoms with Crippen molar-refractivity contribution in [3.63, 3.8) is 0 Å². The van der Waals surface area contributed by atoms with Crippen LogP contribution in [-0.4, -0.2) is 34.7 Å². The van der Waals surface area contributed by atoms with E-state index in [1.807, 2.05) is 0 Å². The van der Waals surface area contributed by atoms with E-state index in [1.54, 1.807) is 48.6 Å². The fraction of sp³-hybridized carbons (Fsp3) is 0.231. The second kappa shape index (κ2) is 6.24. The van der Waals surface area contributed by atoms with Gasteiger partial charge >= 0.3 is 0 Å². The van der Waals surface area contributed by atoms with Crippen LogP contribution in [0.3, 0.4) is 0 Å². The van der Waals surface area contributed by atoms with Crippen molar-refractivity contribution in [1.29, 1.82) is 0 Å². The quantitative estimate of drug-likeness (QED) is 0.912. The topological polar surface area (TPSA) is 58.2 Å². The zero-order valence-electron chi connectivity index (χ0n) is 10.5. The molecule has 1 aromatic carbocycles. The zero-order valence-corrected chi connectivity index (χ0v) is 11.2. The number of carbonyl (C=O) groups excluding carboxylic acids is 1. The van der Waals surface area contributed by atoms with Gasteiger partial charge in [0.15, 0.2) is 6.61 Å². The molecule has 0 atom stereocenters. The number of carbonyl (C=O) groups is 1. The number of amides is 1. The molecule has 0 aliphatic carbocycles. The van der Waals surface area contributed by atoms with Crippen molar-refractivity contribution in [3.05, 3.63) is 47.2 Å². The van der Waals surface area contributed by atoms with Gasteiger partial charge in [-0.3, -0.25) is 9.89 Å². The van der Waals surface area contributed by atoms with Gasteiger partial charge in [-0.25, -0.2) is 0 Å². The van der Waals surface area contributed by atoms with Crippen molar-refractivity contribution in [2.75, 3.05) is 13.7 Å². The molecule has 1 N–H and O–H groups in total. The minimum absolute atomic E-state index is 0.00398. The van der Waals surface area contributed by atoms with Crippen molar-refractivity contribution in [2.24, 2.45) is 0 Å². The number of nitrogens with one attached hydrogen (secondary N) is 1. The molecule has 0 fully saturated rings. The van der Waals surface area contributed by atoms with Crippen molar-refractivity contribution < 1.29 is 9.53 Å². The molecular formula is C13H14ClN3O2. The number of aromatic nitrogens is 2. The summed E-state index contributed by atoms with van der Waals surface area (Å²) in [6, 6.07) is 6.89. The van der Waals surface area contributed by atoms with Gasteiger partial charge in [-0.05, 0) is 24.3 Å². The van der Waals surface area contributed by atoms with Crippen LogP contribution in [0.5, 0.6) is 5.75 Å². The number of rotatable bonds is 5. The van der Waals surface area contributed by atoms with Gasteiger partial charge in [-0.1, -0.05) is 11.6 Å². The molecule has 6 heteroatoms. The highest BCUT2D eigenvalue weighted by atomic mass is 35.5. The fourth-order valence-electron chi connectivity index (χ4n) is 1.51. The van der Waals surface area contributed by atoms with E-state index in [9.17, 15) is 4.79 Å². The first-order valence-corrected chi connectivity index (χ1v) is 6.13. The summed E-state index contributed by atoms with van der Waals surface area (Å²) in [5.41, 5.74) is 0.947. The van der Waals surface area contributed by atoms with Crippen molar-refractivity contribution in [2.45, 2.75) is 6.54 Å². The van der Waals surface area contributed by atoms with E-state index in [0.717, 1.165) is 5.56 Å². The van der Waals surface area contributed by atoms with Crippen molar-refractivity contribution >= 4 is 17.5 Å². The van der Waals surface area contributed by atoms with Crippen LogP contribution in [0, 0.1) is 0 Å². The van der Waals surface area contributed by atoms with Crippen LogP contribution in [0.1, 0.15) is 5.56 Å². The molecule has 1 heterocycles. The van der Waals surface area contributed by atoms with Crippen LogP contribution in [0.2, 0.25) is 5.02 Å². The van der Waals surface area contributed by atoms with Gasteiger partial charge in [-0.15, -0.1) is 0 Å². The summed E-state index contributed by atoms with van der Waals surface area (Å²) in [6.07, 6.45) is 3.44. The molecule has 2 rings (SSSR count). The van der Waals surface area contributed by atoms with E-state index in [1.165, 1.54) is 0 Å². The minimum atomic E-state index is -0.101. The van der Waals surface area contributed by atoms with Crippen molar-refractivity contribution in [1.82, 2.24) is 15.1 Å². The summed E-state index contributed by atoms with van der Waals surface area (Å²) in [5, 5.41) is 7.17. The van der Waals surface area contributed by atoms with Crippen LogP contribution < -0.4 is 4.74 Å². The van der Waals surface area contributed by atoms with Crippen LogP contribution in [0.15, 0.2) is 36.7 Å².